The van der Waals surface area contributed by atoms with Crippen molar-refractivity contribution >= 4 is 29.1 Å². The largest absolute Gasteiger partial charge is 0.361 e. The molecule has 0 saturated carbocycles. The van der Waals surface area contributed by atoms with E-state index in [1.54, 1.807) is 17.8 Å². The number of ketones is 1. The normalized spacial score (nSPS) is 14.8. The van der Waals surface area contributed by atoms with E-state index in [9.17, 15) is 14.0 Å². The van der Waals surface area contributed by atoms with Crippen LogP contribution in [0.1, 0.15) is 18.9 Å². The minimum atomic E-state index is -0.562. The third kappa shape index (κ3) is 5.32. The van der Waals surface area contributed by atoms with Gasteiger partial charge in [-0.3, -0.25) is 9.59 Å². The molecule has 0 saturated heterocycles. The monoisotopic (exact) mass is 386 g/mol. The first kappa shape index (κ1) is 19.4. The number of nitrogens with zero attached hydrogens (tertiary/aromatic N) is 1. The van der Waals surface area contributed by atoms with Gasteiger partial charge < -0.3 is 10.2 Å². The lowest BCUT2D eigenvalue weighted by atomic mass is 10.0. The van der Waals surface area contributed by atoms with Gasteiger partial charge in [-0.25, -0.2) is 4.39 Å². The van der Waals surface area contributed by atoms with Gasteiger partial charge in [0, 0.05) is 11.4 Å². The highest BCUT2D eigenvalue weighted by molar-refractivity contribution is 7.99. The number of thioether (sulfide) groups is 1. The fourth-order valence-electron chi connectivity index (χ4n) is 3.14. The molecule has 0 aromatic heterocycles. The third-order valence-corrected chi connectivity index (χ3v) is 5.68. The van der Waals surface area contributed by atoms with Crippen molar-refractivity contribution in [1.82, 2.24) is 5.32 Å². The third-order valence-electron chi connectivity index (χ3n) is 4.53. The standard InChI is InChI=1S/C21H23FN2O2S/c1-15(25)18(12-16-6-3-2-4-7-16)23-21(26)14-24-10-5-11-27-20-9-8-17(22)13-19(20)24/h2-4,6-9,13,18H,5,10-12,14H2,1H3,(H,23,26). The Morgan fingerprint density at radius 1 is 1.22 bits per heavy atom. The number of hydrogen-bond donors (Lipinski definition) is 1. The van der Waals surface area contributed by atoms with Gasteiger partial charge >= 0.3 is 0 Å². The number of carbonyl (C=O) groups excluding carboxylic acids is 2. The molecule has 3 rings (SSSR count). The molecule has 1 aliphatic rings. The van der Waals surface area contributed by atoms with Gasteiger partial charge in [-0.2, -0.15) is 0 Å². The highest BCUT2D eigenvalue weighted by atomic mass is 32.2. The van der Waals surface area contributed by atoms with Crippen LogP contribution < -0.4 is 10.2 Å². The Morgan fingerprint density at radius 2 is 2.00 bits per heavy atom. The van der Waals surface area contributed by atoms with Gasteiger partial charge in [-0.05, 0) is 49.3 Å². The quantitative estimate of drug-likeness (QED) is 0.826. The van der Waals surface area contributed by atoms with Gasteiger partial charge in [0.05, 0.1) is 18.3 Å². The molecule has 1 atom stereocenters. The second-order valence-electron chi connectivity index (χ2n) is 6.66. The van der Waals surface area contributed by atoms with Crippen LogP contribution in [0.25, 0.3) is 0 Å². The molecule has 1 unspecified atom stereocenters. The number of Topliss-reactive ketones (excluding diaryl/α,β-unsaturated/α-hetero) is 1. The molecule has 6 heteroatoms. The predicted octanol–water partition coefficient (Wildman–Crippen LogP) is 3.44. The number of halogens is 1. The van der Waals surface area contributed by atoms with Gasteiger partial charge in [0.15, 0.2) is 5.78 Å². The van der Waals surface area contributed by atoms with E-state index in [4.69, 9.17) is 0 Å². The summed E-state index contributed by atoms with van der Waals surface area (Å²) in [5.74, 6) is 0.312. The van der Waals surface area contributed by atoms with Gasteiger partial charge in [-0.1, -0.05) is 30.3 Å². The molecule has 0 aliphatic carbocycles. The maximum absolute atomic E-state index is 13.7. The highest BCUT2D eigenvalue weighted by Crippen LogP contribution is 2.34. The van der Waals surface area contributed by atoms with Gasteiger partial charge in [0.2, 0.25) is 5.91 Å². The number of fused-ring (bicyclic) bond motifs is 1. The molecule has 27 heavy (non-hydrogen) atoms. The predicted molar refractivity (Wildman–Crippen MR) is 107 cm³/mol. The molecule has 0 spiro atoms. The summed E-state index contributed by atoms with van der Waals surface area (Å²) in [4.78, 5) is 27.5. The summed E-state index contributed by atoms with van der Waals surface area (Å²) in [5.41, 5.74) is 1.74. The Labute approximate surface area is 163 Å². The zero-order valence-electron chi connectivity index (χ0n) is 15.3. The summed E-state index contributed by atoms with van der Waals surface area (Å²) in [7, 11) is 0. The average molecular weight is 386 g/mol. The van der Waals surface area contributed by atoms with E-state index in [-0.39, 0.29) is 24.1 Å². The molecule has 2 aromatic rings. The van der Waals surface area contributed by atoms with E-state index in [1.807, 2.05) is 35.2 Å². The van der Waals surface area contributed by atoms with Crippen LogP contribution in [-0.4, -0.2) is 36.6 Å². The SMILES string of the molecule is CC(=O)C(Cc1ccccc1)NC(=O)CN1CCCSc2ccc(F)cc21. The van der Waals surface area contributed by atoms with E-state index in [1.165, 1.54) is 19.1 Å². The van der Waals surface area contributed by atoms with Crippen molar-refractivity contribution in [3.8, 4) is 0 Å². The van der Waals surface area contributed by atoms with E-state index in [2.05, 4.69) is 5.32 Å². The fourth-order valence-corrected chi connectivity index (χ4v) is 4.13. The minimum Gasteiger partial charge on any atom is -0.361 e. The van der Waals surface area contributed by atoms with E-state index in [0.717, 1.165) is 28.3 Å². The van der Waals surface area contributed by atoms with Crippen LogP contribution in [0.5, 0.6) is 0 Å². The van der Waals surface area contributed by atoms with Gasteiger partial charge in [0.25, 0.3) is 0 Å². The summed E-state index contributed by atoms with van der Waals surface area (Å²) in [6.07, 6.45) is 1.37. The van der Waals surface area contributed by atoms with Crippen LogP contribution in [-0.2, 0) is 16.0 Å². The fraction of sp³-hybridized carbons (Fsp3) is 0.333. The van der Waals surface area contributed by atoms with Crippen molar-refractivity contribution in [2.75, 3.05) is 23.7 Å². The lowest BCUT2D eigenvalue weighted by Crippen LogP contribution is -2.46. The molecule has 4 nitrogen and oxygen atoms in total. The first-order chi connectivity index (χ1) is 13.0. The number of nitrogens with one attached hydrogen (secondary N) is 1. The Hall–Kier alpha value is -2.34. The Balaban J connectivity index is 1.69. The number of benzene rings is 2. The second kappa shape index (κ2) is 9.04. The van der Waals surface area contributed by atoms with E-state index >= 15 is 0 Å². The lowest BCUT2D eigenvalue weighted by molar-refractivity contribution is -0.126. The molecule has 1 N–H and O–H groups in total. The molecular formula is C21H23FN2O2S. The second-order valence-corrected chi connectivity index (χ2v) is 7.79. The number of amides is 1. The zero-order valence-corrected chi connectivity index (χ0v) is 16.1. The maximum atomic E-state index is 13.7. The van der Waals surface area contributed by atoms with Crippen LogP contribution >= 0.6 is 11.8 Å². The van der Waals surface area contributed by atoms with Crippen molar-refractivity contribution < 1.29 is 14.0 Å². The van der Waals surface area contributed by atoms with Crippen molar-refractivity contribution in [3.63, 3.8) is 0 Å². The highest BCUT2D eigenvalue weighted by Gasteiger charge is 2.22. The van der Waals surface area contributed by atoms with Crippen LogP contribution in [0.3, 0.4) is 0 Å². The molecule has 1 aliphatic heterocycles. The maximum Gasteiger partial charge on any atom is 0.240 e. The smallest absolute Gasteiger partial charge is 0.240 e. The Kier molecular flexibility index (Phi) is 6.50. The topological polar surface area (TPSA) is 49.4 Å². The molecule has 1 heterocycles. The zero-order chi connectivity index (χ0) is 19.2. The molecule has 1 amide bonds. The molecular weight excluding hydrogens is 363 g/mol. The Morgan fingerprint density at radius 3 is 2.74 bits per heavy atom. The average Bonchev–Trinajstić information content (AvgIpc) is 2.84. The van der Waals surface area contributed by atoms with Gasteiger partial charge in [0.1, 0.15) is 5.82 Å². The minimum absolute atomic E-state index is 0.0786. The summed E-state index contributed by atoms with van der Waals surface area (Å²) in [6.45, 7) is 2.27. The molecule has 0 fully saturated rings. The van der Waals surface area contributed by atoms with Crippen molar-refractivity contribution in [2.45, 2.75) is 30.7 Å². The summed E-state index contributed by atoms with van der Waals surface area (Å²) < 4.78 is 13.7. The summed E-state index contributed by atoms with van der Waals surface area (Å²) in [6, 6.07) is 13.7. The van der Waals surface area contributed by atoms with Crippen LogP contribution in [0, 0.1) is 5.82 Å². The van der Waals surface area contributed by atoms with Crippen molar-refractivity contribution in [3.05, 3.63) is 59.9 Å². The number of carbonyl (C=O) groups is 2. The molecule has 0 radical (unpaired) electrons. The number of rotatable bonds is 6. The van der Waals surface area contributed by atoms with Crippen molar-refractivity contribution in [1.29, 1.82) is 0 Å². The van der Waals surface area contributed by atoms with Gasteiger partial charge in [-0.15, -0.1) is 11.8 Å². The van der Waals surface area contributed by atoms with E-state index < -0.39 is 6.04 Å². The van der Waals surface area contributed by atoms with Crippen molar-refractivity contribution in [2.24, 2.45) is 0 Å². The first-order valence-corrected chi connectivity index (χ1v) is 10.0. The molecule has 2 aromatic carbocycles. The number of anilines is 1. The van der Waals surface area contributed by atoms with E-state index in [0.29, 0.717) is 13.0 Å². The summed E-state index contributed by atoms with van der Waals surface area (Å²) >= 11 is 1.68. The van der Waals surface area contributed by atoms with Crippen LogP contribution in [0.2, 0.25) is 0 Å². The lowest BCUT2D eigenvalue weighted by Gasteiger charge is -2.25. The Bertz CT molecular complexity index is 813. The van der Waals surface area contributed by atoms with Crippen LogP contribution in [0.4, 0.5) is 10.1 Å². The summed E-state index contributed by atoms with van der Waals surface area (Å²) in [5, 5.41) is 2.85. The van der Waals surface area contributed by atoms with Crippen LogP contribution in [0.15, 0.2) is 53.4 Å². The molecule has 0 bridgehead atoms. The molecule has 142 valence electrons. The number of hydrogen-bond acceptors (Lipinski definition) is 4. The first-order valence-electron chi connectivity index (χ1n) is 9.04.